The number of ether oxygens (including phenoxy) is 1. The van der Waals surface area contributed by atoms with Crippen LogP contribution in [0.2, 0.25) is 5.02 Å². The average Bonchev–Trinajstić information content (AvgIpc) is 2.47. The van der Waals surface area contributed by atoms with E-state index < -0.39 is 5.97 Å². The number of hydrogen-bond acceptors (Lipinski definition) is 4. The largest absolute Gasteiger partial charge is 0.508 e. The molecule has 0 aliphatic carbocycles. The molecule has 0 unspecified atom stereocenters. The summed E-state index contributed by atoms with van der Waals surface area (Å²) in [6, 6.07) is 9.53. The summed E-state index contributed by atoms with van der Waals surface area (Å²) in [4.78, 5) is 11.0. The Morgan fingerprint density at radius 2 is 2.05 bits per heavy atom. The minimum absolute atomic E-state index is 0.0246. The molecule has 2 rings (SSSR count). The number of nitrogens with one attached hydrogen (secondary N) is 1. The van der Waals surface area contributed by atoms with E-state index in [1.807, 2.05) is 0 Å². The quantitative estimate of drug-likeness (QED) is 0.789. The minimum Gasteiger partial charge on any atom is -0.508 e. The predicted molar refractivity (Wildman–Crippen MR) is 80.4 cm³/mol. The van der Waals surface area contributed by atoms with E-state index in [4.69, 9.17) is 21.4 Å². The number of phenols is 1. The van der Waals surface area contributed by atoms with E-state index in [0.717, 1.165) is 0 Å². The number of carboxylic acids is 1. The molecule has 2 aromatic rings. The summed E-state index contributed by atoms with van der Waals surface area (Å²) in [5, 5.41) is 22.0. The molecule has 5 nitrogen and oxygen atoms in total. The van der Waals surface area contributed by atoms with Gasteiger partial charge < -0.3 is 20.3 Å². The van der Waals surface area contributed by atoms with Crippen molar-refractivity contribution in [3.05, 3.63) is 52.5 Å². The van der Waals surface area contributed by atoms with Gasteiger partial charge in [0.2, 0.25) is 0 Å². The summed E-state index contributed by atoms with van der Waals surface area (Å²) in [6.07, 6.45) is 0. The van der Waals surface area contributed by atoms with Crippen molar-refractivity contribution in [1.29, 1.82) is 0 Å². The molecule has 0 aromatic heterocycles. The molecule has 0 spiro atoms. The highest BCUT2D eigenvalue weighted by Gasteiger charge is 2.10. The number of aromatic carboxylic acids is 1. The van der Waals surface area contributed by atoms with Gasteiger partial charge in [-0.15, -0.1) is 0 Å². The van der Waals surface area contributed by atoms with Crippen LogP contribution in [-0.4, -0.2) is 23.3 Å². The first-order valence-electron chi connectivity index (χ1n) is 6.14. The number of aromatic hydroxyl groups is 1. The van der Waals surface area contributed by atoms with Crippen molar-refractivity contribution in [2.24, 2.45) is 0 Å². The Morgan fingerprint density at radius 1 is 1.29 bits per heavy atom. The third-order valence-corrected chi connectivity index (χ3v) is 3.30. The summed E-state index contributed by atoms with van der Waals surface area (Å²) < 4.78 is 5.09. The lowest BCUT2D eigenvalue weighted by atomic mass is 10.1. The van der Waals surface area contributed by atoms with Crippen LogP contribution in [0.25, 0.3) is 0 Å². The summed E-state index contributed by atoms with van der Waals surface area (Å²) in [5.74, 6) is -0.324. The zero-order valence-corrected chi connectivity index (χ0v) is 12.0. The predicted octanol–water partition coefficient (Wildman–Crippen LogP) is 3.36. The number of methoxy groups -OCH3 is 1. The fraction of sp³-hybridized carbons (Fsp3) is 0.133. The molecular formula is C15H14ClNO4. The third-order valence-electron chi connectivity index (χ3n) is 2.97. The Bertz CT molecular complexity index is 673. The van der Waals surface area contributed by atoms with Gasteiger partial charge in [-0.25, -0.2) is 4.79 Å². The van der Waals surface area contributed by atoms with Gasteiger partial charge in [-0.05, 0) is 36.4 Å². The molecule has 0 bridgehead atoms. The van der Waals surface area contributed by atoms with Gasteiger partial charge in [0.05, 0.1) is 17.7 Å². The van der Waals surface area contributed by atoms with Crippen molar-refractivity contribution < 1.29 is 19.7 Å². The summed E-state index contributed by atoms with van der Waals surface area (Å²) in [7, 11) is 1.54. The first-order chi connectivity index (χ1) is 10.0. The highest BCUT2D eigenvalue weighted by atomic mass is 35.5. The van der Waals surface area contributed by atoms with Gasteiger partial charge in [0.25, 0.3) is 0 Å². The highest BCUT2D eigenvalue weighted by molar-refractivity contribution is 6.33. The minimum atomic E-state index is -1.09. The topological polar surface area (TPSA) is 78.8 Å². The maximum atomic E-state index is 11.0. The monoisotopic (exact) mass is 307 g/mol. The summed E-state index contributed by atoms with van der Waals surface area (Å²) >= 11 is 5.81. The molecule has 0 saturated heterocycles. The smallest absolute Gasteiger partial charge is 0.337 e. The molecule has 0 aliphatic heterocycles. The normalized spacial score (nSPS) is 10.2. The number of anilines is 1. The third kappa shape index (κ3) is 3.58. The Labute approximate surface area is 126 Å². The fourth-order valence-electron chi connectivity index (χ4n) is 1.83. The summed E-state index contributed by atoms with van der Waals surface area (Å²) in [6.45, 7) is 0.323. The lowest BCUT2D eigenvalue weighted by Crippen LogP contribution is -2.03. The second kappa shape index (κ2) is 6.37. The average molecular weight is 308 g/mol. The van der Waals surface area contributed by atoms with Crippen molar-refractivity contribution in [3.8, 4) is 11.5 Å². The van der Waals surface area contributed by atoms with Crippen molar-refractivity contribution >= 4 is 23.3 Å². The van der Waals surface area contributed by atoms with Gasteiger partial charge in [-0.3, -0.25) is 0 Å². The van der Waals surface area contributed by atoms with E-state index in [-0.39, 0.29) is 16.3 Å². The van der Waals surface area contributed by atoms with E-state index >= 15 is 0 Å². The van der Waals surface area contributed by atoms with E-state index in [1.54, 1.807) is 31.4 Å². The van der Waals surface area contributed by atoms with Crippen LogP contribution in [0.15, 0.2) is 36.4 Å². The molecule has 0 radical (unpaired) electrons. The van der Waals surface area contributed by atoms with Crippen LogP contribution in [0.3, 0.4) is 0 Å². The van der Waals surface area contributed by atoms with Gasteiger partial charge >= 0.3 is 5.97 Å². The molecule has 6 heteroatoms. The standard InChI is InChI=1S/C15H14ClNO4/c1-21-11-3-5-14(18)9(6-11)8-17-10-2-4-13(16)12(7-10)15(19)20/h2-7,17-18H,8H2,1H3,(H,19,20). The molecule has 3 N–H and O–H groups in total. The lowest BCUT2D eigenvalue weighted by Gasteiger charge is -2.11. The van der Waals surface area contributed by atoms with Crippen LogP contribution in [-0.2, 0) is 6.54 Å². The van der Waals surface area contributed by atoms with Crippen LogP contribution in [0.1, 0.15) is 15.9 Å². The van der Waals surface area contributed by atoms with Gasteiger partial charge in [-0.2, -0.15) is 0 Å². The van der Waals surface area contributed by atoms with Gasteiger partial charge in [0.1, 0.15) is 11.5 Å². The van der Waals surface area contributed by atoms with E-state index in [0.29, 0.717) is 23.5 Å². The Hall–Kier alpha value is -2.40. The molecule has 0 fully saturated rings. The zero-order chi connectivity index (χ0) is 15.4. The molecule has 0 atom stereocenters. The summed E-state index contributed by atoms with van der Waals surface area (Å²) in [5.41, 5.74) is 1.26. The highest BCUT2D eigenvalue weighted by Crippen LogP contribution is 2.25. The zero-order valence-electron chi connectivity index (χ0n) is 11.3. The number of benzene rings is 2. The molecule has 0 aliphatic rings. The molecule has 0 heterocycles. The van der Waals surface area contributed by atoms with Crippen LogP contribution >= 0.6 is 11.6 Å². The van der Waals surface area contributed by atoms with Gasteiger partial charge in [-0.1, -0.05) is 11.6 Å². The molecule has 0 amide bonds. The van der Waals surface area contributed by atoms with Crippen LogP contribution in [0.4, 0.5) is 5.69 Å². The lowest BCUT2D eigenvalue weighted by molar-refractivity contribution is 0.0697. The Morgan fingerprint density at radius 3 is 2.71 bits per heavy atom. The number of phenolic OH excluding ortho intramolecular Hbond substituents is 1. The van der Waals surface area contributed by atoms with Crippen molar-refractivity contribution in [2.45, 2.75) is 6.54 Å². The number of carboxylic acid groups (broad SMARTS) is 1. The first kappa shape index (κ1) is 15.0. The van der Waals surface area contributed by atoms with Crippen molar-refractivity contribution in [1.82, 2.24) is 0 Å². The molecule has 110 valence electrons. The van der Waals surface area contributed by atoms with E-state index in [2.05, 4.69) is 5.32 Å². The molecular weight excluding hydrogens is 294 g/mol. The Kier molecular flexibility index (Phi) is 4.55. The fourth-order valence-corrected chi connectivity index (χ4v) is 2.03. The van der Waals surface area contributed by atoms with Crippen LogP contribution in [0.5, 0.6) is 11.5 Å². The van der Waals surface area contributed by atoms with Crippen molar-refractivity contribution in [3.63, 3.8) is 0 Å². The second-order valence-electron chi connectivity index (χ2n) is 4.35. The SMILES string of the molecule is COc1ccc(O)c(CNc2ccc(Cl)c(C(=O)O)c2)c1. The maximum absolute atomic E-state index is 11.0. The van der Waals surface area contributed by atoms with Gasteiger partial charge in [0, 0.05) is 17.8 Å². The Balaban J connectivity index is 2.16. The number of hydrogen-bond donors (Lipinski definition) is 3. The van der Waals surface area contributed by atoms with Gasteiger partial charge in [0.15, 0.2) is 0 Å². The van der Waals surface area contributed by atoms with E-state index in [9.17, 15) is 9.90 Å². The molecule has 0 saturated carbocycles. The number of rotatable bonds is 5. The molecule has 2 aromatic carbocycles. The molecule has 21 heavy (non-hydrogen) atoms. The van der Waals surface area contributed by atoms with Crippen molar-refractivity contribution in [2.75, 3.05) is 12.4 Å². The van der Waals surface area contributed by atoms with Crippen LogP contribution < -0.4 is 10.1 Å². The number of carbonyl (C=O) groups is 1. The van der Waals surface area contributed by atoms with Crippen LogP contribution in [0, 0.1) is 0 Å². The van der Waals surface area contributed by atoms with E-state index in [1.165, 1.54) is 12.1 Å². The first-order valence-corrected chi connectivity index (χ1v) is 6.51. The maximum Gasteiger partial charge on any atom is 0.337 e. The second-order valence-corrected chi connectivity index (χ2v) is 4.76. The number of halogens is 1.